The second-order valence-corrected chi connectivity index (χ2v) is 6.87. The summed E-state index contributed by atoms with van der Waals surface area (Å²) in [4.78, 5) is 14.6. The van der Waals surface area contributed by atoms with Crippen LogP contribution in [-0.2, 0) is 11.3 Å². The van der Waals surface area contributed by atoms with Gasteiger partial charge in [0.25, 0.3) is 0 Å². The molecule has 1 amide bonds. The maximum Gasteiger partial charge on any atom is 0.223 e. The van der Waals surface area contributed by atoms with E-state index in [4.69, 9.17) is 11.6 Å². The van der Waals surface area contributed by atoms with Crippen LogP contribution in [0.2, 0.25) is 5.02 Å². The predicted molar refractivity (Wildman–Crippen MR) is 99.0 cm³/mol. The van der Waals surface area contributed by atoms with Crippen LogP contribution >= 0.6 is 11.6 Å². The highest BCUT2D eigenvalue weighted by atomic mass is 35.5. The maximum atomic E-state index is 12.4. The van der Waals surface area contributed by atoms with Crippen LogP contribution in [0.5, 0.6) is 0 Å². The first-order chi connectivity index (χ1) is 12.7. The minimum Gasteiger partial charge on any atom is -0.355 e. The smallest absolute Gasteiger partial charge is 0.223 e. The van der Waals surface area contributed by atoms with Gasteiger partial charge in [-0.3, -0.25) is 4.79 Å². The van der Waals surface area contributed by atoms with Crippen molar-refractivity contribution in [2.45, 2.75) is 19.4 Å². The standard InChI is InChI=1S/C18H19ClN6O/c19-15-3-1-2-13(10-15)11-20-18(26)14-6-8-24(9-7-14)17-5-4-16-22-21-12-25(16)23-17/h1-5,10,12,14H,6-9,11H2,(H,20,26). The molecule has 7 nitrogen and oxygen atoms in total. The summed E-state index contributed by atoms with van der Waals surface area (Å²) in [7, 11) is 0. The van der Waals surface area contributed by atoms with E-state index in [1.165, 1.54) is 0 Å². The molecule has 0 bridgehead atoms. The van der Waals surface area contributed by atoms with Gasteiger partial charge < -0.3 is 10.2 Å². The van der Waals surface area contributed by atoms with Crippen LogP contribution in [0.15, 0.2) is 42.7 Å². The molecule has 0 saturated carbocycles. The quantitative estimate of drug-likeness (QED) is 0.762. The van der Waals surface area contributed by atoms with Crippen molar-refractivity contribution < 1.29 is 4.79 Å². The molecule has 0 radical (unpaired) electrons. The molecule has 1 saturated heterocycles. The first kappa shape index (κ1) is 16.8. The van der Waals surface area contributed by atoms with Crippen molar-refractivity contribution in [1.82, 2.24) is 25.1 Å². The van der Waals surface area contributed by atoms with Gasteiger partial charge in [-0.2, -0.15) is 4.52 Å². The summed E-state index contributed by atoms with van der Waals surface area (Å²) >= 11 is 5.98. The third-order valence-corrected chi connectivity index (χ3v) is 4.93. The molecule has 0 spiro atoms. The SMILES string of the molecule is O=C(NCc1cccc(Cl)c1)C1CCN(c2ccc3nncn3n2)CC1. The van der Waals surface area contributed by atoms with E-state index in [9.17, 15) is 4.79 Å². The number of carbonyl (C=O) groups excluding carboxylic acids is 1. The number of nitrogens with zero attached hydrogens (tertiary/aromatic N) is 5. The Labute approximate surface area is 156 Å². The fourth-order valence-corrected chi connectivity index (χ4v) is 3.45. The van der Waals surface area contributed by atoms with E-state index in [-0.39, 0.29) is 11.8 Å². The lowest BCUT2D eigenvalue weighted by atomic mass is 9.96. The van der Waals surface area contributed by atoms with Gasteiger partial charge in [0.05, 0.1) is 0 Å². The minimum absolute atomic E-state index is 0.0316. The molecule has 8 heteroatoms. The average molecular weight is 371 g/mol. The maximum absolute atomic E-state index is 12.4. The number of carbonyl (C=O) groups is 1. The normalized spacial score (nSPS) is 15.3. The molecule has 0 aliphatic carbocycles. The van der Waals surface area contributed by atoms with Crippen LogP contribution in [0.3, 0.4) is 0 Å². The number of hydrogen-bond acceptors (Lipinski definition) is 5. The van der Waals surface area contributed by atoms with Gasteiger partial charge in [0.1, 0.15) is 12.1 Å². The second-order valence-electron chi connectivity index (χ2n) is 6.43. The van der Waals surface area contributed by atoms with Gasteiger partial charge in [0, 0.05) is 30.6 Å². The van der Waals surface area contributed by atoms with Crippen molar-refractivity contribution in [2.75, 3.05) is 18.0 Å². The summed E-state index contributed by atoms with van der Waals surface area (Å²) in [5.41, 5.74) is 1.73. The molecule has 134 valence electrons. The van der Waals surface area contributed by atoms with E-state index in [0.717, 1.165) is 43.0 Å². The van der Waals surface area contributed by atoms with Crippen LogP contribution in [0, 0.1) is 5.92 Å². The van der Waals surface area contributed by atoms with Gasteiger partial charge in [0.15, 0.2) is 5.65 Å². The molecule has 0 unspecified atom stereocenters. The molecule has 1 fully saturated rings. The number of anilines is 1. The number of amides is 1. The zero-order valence-corrected chi connectivity index (χ0v) is 14.9. The van der Waals surface area contributed by atoms with Crippen LogP contribution in [0.25, 0.3) is 5.65 Å². The molecule has 0 atom stereocenters. The summed E-state index contributed by atoms with van der Waals surface area (Å²) in [5.74, 6) is 1.02. The highest BCUT2D eigenvalue weighted by Gasteiger charge is 2.25. The Bertz CT molecular complexity index is 919. The lowest BCUT2D eigenvalue weighted by molar-refractivity contribution is -0.125. The Kier molecular flexibility index (Phi) is 4.71. The van der Waals surface area contributed by atoms with Crippen LogP contribution < -0.4 is 10.2 Å². The van der Waals surface area contributed by atoms with Gasteiger partial charge in [-0.15, -0.1) is 15.3 Å². The highest BCUT2D eigenvalue weighted by Crippen LogP contribution is 2.22. The minimum atomic E-state index is 0.0316. The number of halogens is 1. The third kappa shape index (κ3) is 3.62. The highest BCUT2D eigenvalue weighted by molar-refractivity contribution is 6.30. The van der Waals surface area contributed by atoms with E-state index in [1.54, 1.807) is 10.8 Å². The molecule has 26 heavy (non-hydrogen) atoms. The van der Waals surface area contributed by atoms with Crippen molar-refractivity contribution in [3.8, 4) is 0 Å². The number of fused-ring (bicyclic) bond motifs is 1. The summed E-state index contributed by atoms with van der Waals surface area (Å²) in [5, 5.41) is 16.0. The van der Waals surface area contributed by atoms with E-state index >= 15 is 0 Å². The van der Waals surface area contributed by atoms with Crippen LogP contribution in [-0.4, -0.2) is 38.8 Å². The molecular weight excluding hydrogens is 352 g/mol. The lowest BCUT2D eigenvalue weighted by Gasteiger charge is -2.32. The molecule has 2 aromatic heterocycles. The monoisotopic (exact) mass is 370 g/mol. The fourth-order valence-electron chi connectivity index (χ4n) is 3.24. The molecule has 3 heterocycles. The molecule has 1 aromatic carbocycles. The van der Waals surface area contributed by atoms with Gasteiger partial charge in [-0.1, -0.05) is 23.7 Å². The van der Waals surface area contributed by atoms with Crippen molar-refractivity contribution in [3.05, 3.63) is 53.3 Å². The Morgan fingerprint density at radius 2 is 2.08 bits per heavy atom. The molecule has 1 N–H and O–H groups in total. The first-order valence-electron chi connectivity index (χ1n) is 8.63. The lowest BCUT2D eigenvalue weighted by Crippen LogP contribution is -2.40. The molecule has 1 aliphatic rings. The molecule has 3 aromatic rings. The van der Waals surface area contributed by atoms with E-state index in [0.29, 0.717) is 11.6 Å². The Morgan fingerprint density at radius 3 is 2.88 bits per heavy atom. The van der Waals surface area contributed by atoms with E-state index in [1.807, 2.05) is 36.4 Å². The van der Waals surface area contributed by atoms with Crippen molar-refractivity contribution in [1.29, 1.82) is 0 Å². The van der Waals surface area contributed by atoms with Gasteiger partial charge in [0.2, 0.25) is 5.91 Å². The summed E-state index contributed by atoms with van der Waals surface area (Å²) in [6, 6.07) is 11.4. The van der Waals surface area contributed by atoms with Crippen molar-refractivity contribution in [3.63, 3.8) is 0 Å². The predicted octanol–water partition coefficient (Wildman–Crippen LogP) is 2.31. The zero-order chi connectivity index (χ0) is 17.9. The average Bonchev–Trinajstić information content (AvgIpc) is 3.14. The van der Waals surface area contributed by atoms with Crippen LogP contribution in [0.4, 0.5) is 5.82 Å². The van der Waals surface area contributed by atoms with E-state index < -0.39 is 0 Å². The number of piperidine rings is 1. The zero-order valence-electron chi connectivity index (χ0n) is 14.2. The summed E-state index contributed by atoms with van der Waals surface area (Å²) in [6.45, 7) is 2.11. The van der Waals surface area contributed by atoms with Crippen LogP contribution in [0.1, 0.15) is 18.4 Å². The van der Waals surface area contributed by atoms with Gasteiger partial charge >= 0.3 is 0 Å². The Morgan fingerprint density at radius 1 is 1.23 bits per heavy atom. The molecule has 1 aliphatic heterocycles. The number of rotatable bonds is 4. The Balaban J connectivity index is 1.31. The topological polar surface area (TPSA) is 75.4 Å². The molecule has 4 rings (SSSR count). The van der Waals surface area contributed by atoms with E-state index in [2.05, 4.69) is 25.5 Å². The van der Waals surface area contributed by atoms with Gasteiger partial charge in [-0.05, 0) is 42.7 Å². The summed E-state index contributed by atoms with van der Waals surface area (Å²) < 4.78 is 1.67. The second kappa shape index (κ2) is 7.29. The Hall–Kier alpha value is -2.67. The van der Waals surface area contributed by atoms with Crippen molar-refractivity contribution in [2.24, 2.45) is 5.92 Å². The fraction of sp³-hybridized carbons (Fsp3) is 0.333. The van der Waals surface area contributed by atoms with Gasteiger partial charge in [-0.25, -0.2) is 0 Å². The number of nitrogens with one attached hydrogen (secondary N) is 1. The number of aromatic nitrogens is 4. The summed E-state index contributed by atoms with van der Waals surface area (Å²) in [6.07, 6.45) is 3.21. The number of hydrogen-bond donors (Lipinski definition) is 1. The number of benzene rings is 1. The van der Waals surface area contributed by atoms with Crippen molar-refractivity contribution >= 4 is 29.0 Å². The third-order valence-electron chi connectivity index (χ3n) is 4.69. The largest absolute Gasteiger partial charge is 0.355 e. The first-order valence-corrected chi connectivity index (χ1v) is 9.01. The molecular formula is C18H19ClN6O.